The Balaban J connectivity index is 1.90. The summed E-state index contributed by atoms with van der Waals surface area (Å²) >= 11 is 0. The van der Waals surface area contributed by atoms with Crippen LogP contribution in [0.3, 0.4) is 0 Å². The number of pyridine rings is 1. The molecule has 0 spiro atoms. The lowest BCUT2D eigenvalue weighted by molar-refractivity contribution is -0.137. The van der Waals surface area contributed by atoms with E-state index >= 15 is 0 Å². The Morgan fingerprint density at radius 3 is 2.82 bits per heavy atom. The standard InChI is InChI=1S/C20H16F3N3O2/c1-19(11-4-5-11)15(3-2-8-25-19)26-14-9-12(20(21,22)23)6-7-13(14)17-16(18(26)27)24-10-28-17/h2-3,6-11,25H,4-5H2,1H3. The van der Waals surface area contributed by atoms with Crippen LogP contribution in [0.25, 0.3) is 27.7 Å². The van der Waals surface area contributed by atoms with Crippen molar-refractivity contribution in [2.24, 2.45) is 5.92 Å². The third-order valence-corrected chi connectivity index (χ3v) is 5.68. The lowest BCUT2D eigenvalue weighted by atomic mass is 9.89. The highest BCUT2D eigenvalue weighted by Crippen LogP contribution is 2.46. The highest BCUT2D eigenvalue weighted by molar-refractivity contribution is 6.02. The van der Waals surface area contributed by atoms with Crippen LogP contribution in [0, 0.1) is 5.92 Å². The summed E-state index contributed by atoms with van der Waals surface area (Å²) in [6.45, 7) is 1.97. The second-order valence-corrected chi connectivity index (χ2v) is 7.43. The minimum atomic E-state index is -4.52. The van der Waals surface area contributed by atoms with Gasteiger partial charge in [0.15, 0.2) is 17.5 Å². The van der Waals surface area contributed by atoms with Crippen LogP contribution in [0.5, 0.6) is 0 Å². The summed E-state index contributed by atoms with van der Waals surface area (Å²) < 4.78 is 46.8. The molecule has 0 amide bonds. The van der Waals surface area contributed by atoms with Crippen LogP contribution in [0.4, 0.5) is 13.2 Å². The summed E-state index contributed by atoms with van der Waals surface area (Å²) in [5.74, 6) is 0.296. The molecule has 5 rings (SSSR count). The summed E-state index contributed by atoms with van der Waals surface area (Å²) in [5, 5.41) is 3.72. The second kappa shape index (κ2) is 5.50. The zero-order valence-electron chi connectivity index (χ0n) is 14.9. The van der Waals surface area contributed by atoms with E-state index in [4.69, 9.17) is 4.42 Å². The van der Waals surface area contributed by atoms with Crippen molar-refractivity contribution in [2.45, 2.75) is 31.5 Å². The molecule has 144 valence electrons. The van der Waals surface area contributed by atoms with E-state index in [0.29, 0.717) is 17.0 Å². The fourth-order valence-electron chi connectivity index (χ4n) is 4.03. The molecule has 1 saturated carbocycles. The molecule has 1 fully saturated rings. The van der Waals surface area contributed by atoms with Crippen LogP contribution in [0.1, 0.15) is 25.3 Å². The normalized spacial score (nSPS) is 22.5. The molecule has 0 saturated heterocycles. The third kappa shape index (κ3) is 2.33. The monoisotopic (exact) mass is 387 g/mol. The molecule has 2 aliphatic rings. The molecule has 1 aliphatic carbocycles. The van der Waals surface area contributed by atoms with Crippen LogP contribution in [0.2, 0.25) is 0 Å². The fraction of sp³-hybridized carbons (Fsp3) is 0.300. The molecule has 1 N–H and O–H groups in total. The van der Waals surface area contributed by atoms with Crippen molar-refractivity contribution in [1.29, 1.82) is 0 Å². The molecule has 1 aromatic carbocycles. The molecule has 3 heterocycles. The maximum atomic E-state index is 13.4. The average Bonchev–Trinajstić information content (AvgIpc) is 3.40. The number of halogens is 3. The molecule has 28 heavy (non-hydrogen) atoms. The number of rotatable bonds is 2. The van der Waals surface area contributed by atoms with Crippen molar-refractivity contribution in [3.8, 4) is 0 Å². The van der Waals surface area contributed by atoms with Gasteiger partial charge in [0.25, 0.3) is 5.56 Å². The van der Waals surface area contributed by atoms with E-state index in [9.17, 15) is 18.0 Å². The van der Waals surface area contributed by atoms with Crippen LogP contribution in [-0.4, -0.2) is 15.1 Å². The first-order valence-electron chi connectivity index (χ1n) is 8.95. The molecule has 1 atom stereocenters. The van der Waals surface area contributed by atoms with Crippen molar-refractivity contribution in [2.75, 3.05) is 0 Å². The Bertz CT molecular complexity index is 1230. The number of dihydropyridines is 1. The summed E-state index contributed by atoms with van der Waals surface area (Å²) in [4.78, 5) is 17.3. The third-order valence-electron chi connectivity index (χ3n) is 5.68. The fourth-order valence-corrected chi connectivity index (χ4v) is 4.03. The van der Waals surface area contributed by atoms with Gasteiger partial charge in [0, 0.05) is 5.39 Å². The highest BCUT2D eigenvalue weighted by atomic mass is 19.4. The number of benzene rings is 1. The molecular formula is C20H16F3N3O2. The zero-order valence-corrected chi connectivity index (χ0v) is 14.9. The van der Waals surface area contributed by atoms with Gasteiger partial charge in [0.2, 0.25) is 0 Å². The summed E-state index contributed by atoms with van der Waals surface area (Å²) in [6, 6.07) is 3.33. The minimum Gasteiger partial charge on any atom is -0.443 e. The Kier molecular flexibility index (Phi) is 3.36. The number of hydrogen-bond acceptors (Lipinski definition) is 4. The van der Waals surface area contributed by atoms with Gasteiger partial charge in [-0.05, 0) is 62.2 Å². The Hall–Kier alpha value is -3.03. The number of alkyl halides is 3. The zero-order chi connectivity index (χ0) is 19.7. The predicted octanol–water partition coefficient (Wildman–Crippen LogP) is 4.29. The van der Waals surface area contributed by atoms with Crippen LogP contribution < -0.4 is 10.9 Å². The van der Waals surface area contributed by atoms with Gasteiger partial charge in [-0.15, -0.1) is 0 Å². The quantitative estimate of drug-likeness (QED) is 0.713. The lowest BCUT2D eigenvalue weighted by Crippen LogP contribution is -2.47. The van der Waals surface area contributed by atoms with Crippen molar-refractivity contribution in [3.05, 3.63) is 58.9 Å². The summed E-state index contributed by atoms with van der Waals surface area (Å²) in [6.07, 6.45) is 3.92. The van der Waals surface area contributed by atoms with Crippen molar-refractivity contribution in [3.63, 3.8) is 0 Å². The van der Waals surface area contributed by atoms with Crippen LogP contribution in [0.15, 0.2) is 52.2 Å². The summed E-state index contributed by atoms with van der Waals surface area (Å²) in [5.41, 5.74) is -0.822. The van der Waals surface area contributed by atoms with E-state index in [1.165, 1.54) is 10.6 Å². The maximum Gasteiger partial charge on any atom is 0.416 e. The minimum absolute atomic E-state index is 0.0980. The van der Waals surface area contributed by atoms with E-state index in [1.807, 2.05) is 6.92 Å². The first kappa shape index (κ1) is 17.1. The molecule has 8 heteroatoms. The first-order chi connectivity index (χ1) is 13.3. The van der Waals surface area contributed by atoms with E-state index in [-0.39, 0.29) is 16.6 Å². The molecule has 5 nitrogen and oxygen atoms in total. The van der Waals surface area contributed by atoms with E-state index in [2.05, 4.69) is 10.3 Å². The lowest BCUT2D eigenvalue weighted by Gasteiger charge is -2.36. The largest absolute Gasteiger partial charge is 0.443 e. The Labute approximate surface area is 157 Å². The van der Waals surface area contributed by atoms with Crippen molar-refractivity contribution in [1.82, 2.24) is 14.9 Å². The van der Waals surface area contributed by atoms with Gasteiger partial charge >= 0.3 is 6.18 Å². The second-order valence-electron chi connectivity index (χ2n) is 7.43. The van der Waals surface area contributed by atoms with E-state index in [1.54, 1.807) is 18.4 Å². The maximum absolute atomic E-state index is 13.4. The number of aromatic nitrogens is 2. The molecular weight excluding hydrogens is 371 g/mol. The SMILES string of the molecule is CC1(C2CC2)NC=CC=C1n1c(=O)c2ncoc2c2ccc(C(F)(F)F)cc21. The molecule has 0 bridgehead atoms. The number of nitrogens with one attached hydrogen (secondary N) is 1. The van der Waals surface area contributed by atoms with Gasteiger partial charge in [0.05, 0.1) is 22.3 Å². The molecule has 1 unspecified atom stereocenters. The van der Waals surface area contributed by atoms with Crippen LogP contribution in [-0.2, 0) is 6.18 Å². The van der Waals surface area contributed by atoms with E-state index < -0.39 is 22.8 Å². The van der Waals surface area contributed by atoms with Gasteiger partial charge in [-0.25, -0.2) is 4.98 Å². The molecule has 1 aliphatic heterocycles. The van der Waals surface area contributed by atoms with Crippen molar-refractivity contribution < 1.29 is 17.6 Å². The molecule has 3 aromatic rings. The topological polar surface area (TPSA) is 60.1 Å². The predicted molar refractivity (Wildman–Crippen MR) is 98.5 cm³/mol. The smallest absolute Gasteiger partial charge is 0.416 e. The number of nitrogens with zero attached hydrogens (tertiary/aromatic N) is 2. The molecule has 0 radical (unpaired) electrons. The first-order valence-corrected chi connectivity index (χ1v) is 8.95. The van der Waals surface area contributed by atoms with Gasteiger partial charge in [-0.2, -0.15) is 13.2 Å². The number of oxazole rings is 1. The molecule has 2 aromatic heterocycles. The Morgan fingerprint density at radius 1 is 1.32 bits per heavy atom. The van der Waals surface area contributed by atoms with Gasteiger partial charge < -0.3 is 9.73 Å². The van der Waals surface area contributed by atoms with Crippen LogP contribution >= 0.6 is 0 Å². The van der Waals surface area contributed by atoms with Gasteiger partial charge in [-0.3, -0.25) is 9.36 Å². The number of fused-ring (bicyclic) bond motifs is 3. The van der Waals surface area contributed by atoms with Gasteiger partial charge in [-0.1, -0.05) is 0 Å². The van der Waals surface area contributed by atoms with Gasteiger partial charge in [0.1, 0.15) is 0 Å². The number of hydrogen-bond donors (Lipinski definition) is 1. The van der Waals surface area contributed by atoms with Crippen molar-refractivity contribution >= 4 is 27.7 Å². The highest BCUT2D eigenvalue weighted by Gasteiger charge is 2.46. The summed E-state index contributed by atoms with van der Waals surface area (Å²) in [7, 11) is 0. The average molecular weight is 387 g/mol. The van der Waals surface area contributed by atoms with E-state index in [0.717, 1.165) is 31.4 Å². The number of allylic oxidation sites excluding steroid dienone is 2. The Morgan fingerprint density at radius 2 is 2.11 bits per heavy atom.